The summed E-state index contributed by atoms with van der Waals surface area (Å²) in [4.78, 5) is 12.1. The number of benzene rings is 1. The molecule has 0 unspecified atom stereocenters. The van der Waals surface area contributed by atoms with Crippen LogP contribution in [0.15, 0.2) is 18.2 Å². The molecule has 0 N–H and O–H groups in total. The van der Waals surface area contributed by atoms with E-state index in [1.807, 2.05) is 39.9 Å². The lowest BCUT2D eigenvalue weighted by Crippen LogP contribution is -1.99. The summed E-state index contributed by atoms with van der Waals surface area (Å²) in [6.07, 6.45) is 0.509. The maximum absolute atomic E-state index is 12.6. The first kappa shape index (κ1) is 17.2. The first-order valence-corrected chi connectivity index (χ1v) is 5.29. The highest BCUT2D eigenvalue weighted by Crippen LogP contribution is 2.06. The van der Waals surface area contributed by atoms with Gasteiger partial charge in [0.25, 0.3) is 0 Å². The summed E-state index contributed by atoms with van der Waals surface area (Å²) in [5.74, 6) is -0.449. The van der Waals surface area contributed by atoms with E-state index in [9.17, 15) is 9.18 Å². The first-order chi connectivity index (χ1) is 7.47. The van der Waals surface area contributed by atoms with Crippen molar-refractivity contribution in [1.29, 1.82) is 0 Å². The topological polar surface area (TPSA) is 20.3 Å². The van der Waals surface area contributed by atoms with E-state index in [2.05, 4.69) is 0 Å². The molecule has 1 rings (SSSR count). The van der Waals surface area contributed by atoms with Crippen molar-refractivity contribution in [2.45, 2.75) is 20.8 Å². The number of halogens is 1. The molecular formula is C13H22FNO. The van der Waals surface area contributed by atoms with Gasteiger partial charge in [-0.3, -0.25) is 4.79 Å². The SMILES string of the molecule is CC.CN(C)C.Cc1ccc(C=O)c(F)c1. The largest absolute Gasteiger partial charge is 0.312 e. The quantitative estimate of drug-likeness (QED) is 0.687. The fourth-order valence-electron chi connectivity index (χ4n) is 0.728. The number of hydrogen-bond donors (Lipinski definition) is 0. The van der Waals surface area contributed by atoms with Crippen LogP contribution in [-0.4, -0.2) is 32.3 Å². The third-order valence-corrected chi connectivity index (χ3v) is 1.28. The lowest BCUT2D eigenvalue weighted by atomic mass is 10.1. The number of carbonyl (C=O) groups excluding carboxylic acids is 1. The monoisotopic (exact) mass is 227 g/mol. The Morgan fingerprint density at radius 3 is 1.94 bits per heavy atom. The summed E-state index contributed by atoms with van der Waals surface area (Å²) in [5, 5.41) is 0. The van der Waals surface area contributed by atoms with Gasteiger partial charge in [0, 0.05) is 0 Å². The van der Waals surface area contributed by atoms with Gasteiger partial charge in [-0.1, -0.05) is 19.9 Å². The minimum Gasteiger partial charge on any atom is -0.312 e. The standard InChI is InChI=1S/C8H7FO.C3H9N.C2H6/c1-6-2-3-7(5-10)8(9)4-6;1-4(2)3;1-2/h2-5H,1H3;1-3H3;1-2H3. The van der Waals surface area contributed by atoms with E-state index in [0.717, 1.165) is 5.56 Å². The number of nitrogens with zero attached hydrogens (tertiary/aromatic N) is 1. The Morgan fingerprint density at radius 1 is 1.19 bits per heavy atom. The molecule has 1 aromatic rings. The van der Waals surface area contributed by atoms with E-state index in [1.54, 1.807) is 13.0 Å². The lowest BCUT2D eigenvalue weighted by molar-refractivity contribution is 0.112. The third-order valence-electron chi connectivity index (χ3n) is 1.28. The molecule has 0 spiro atoms. The van der Waals surface area contributed by atoms with Crippen LogP contribution >= 0.6 is 0 Å². The molecular weight excluding hydrogens is 205 g/mol. The molecule has 0 saturated heterocycles. The Hall–Kier alpha value is -1.22. The summed E-state index contributed by atoms with van der Waals surface area (Å²) in [6.45, 7) is 5.78. The van der Waals surface area contributed by atoms with Crippen LogP contribution in [0.1, 0.15) is 29.8 Å². The number of rotatable bonds is 1. The van der Waals surface area contributed by atoms with Crippen molar-refractivity contribution in [2.24, 2.45) is 0 Å². The van der Waals surface area contributed by atoms with Gasteiger partial charge >= 0.3 is 0 Å². The van der Waals surface area contributed by atoms with E-state index >= 15 is 0 Å². The maximum Gasteiger partial charge on any atom is 0.152 e. The summed E-state index contributed by atoms with van der Waals surface area (Å²) < 4.78 is 12.6. The second-order valence-electron chi connectivity index (χ2n) is 3.48. The number of hydrogen-bond acceptors (Lipinski definition) is 2. The summed E-state index contributed by atoms with van der Waals surface area (Å²) in [5.41, 5.74) is 0.939. The molecule has 2 nitrogen and oxygen atoms in total. The second kappa shape index (κ2) is 10.3. The number of aldehydes is 1. The molecule has 0 heterocycles. The van der Waals surface area contributed by atoms with Crippen LogP contribution in [0.5, 0.6) is 0 Å². The van der Waals surface area contributed by atoms with E-state index in [4.69, 9.17) is 0 Å². The Kier molecular flexibility index (Phi) is 11.1. The Balaban J connectivity index is 0. The van der Waals surface area contributed by atoms with Gasteiger partial charge in [-0.25, -0.2) is 4.39 Å². The Morgan fingerprint density at radius 2 is 1.62 bits per heavy atom. The molecule has 1 aromatic carbocycles. The molecule has 0 aromatic heterocycles. The highest BCUT2D eigenvalue weighted by Gasteiger charge is 1.98. The fraction of sp³-hybridized carbons (Fsp3) is 0.462. The third kappa shape index (κ3) is 9.34. The number of aryl methyl sites for hydroxylation is 1. The van der Waals surface area contributed by atoms with Crippen molar-refractivity contribution in [3.63, 3.8) is 0 Å². The molecule has 0 aliphatic rings. The summed E-state index contributed by atoms with van der Waals surface area (Å²) in [7, 11) is 6.00. The van der Waals surface area contributed by atoms with Crippen molar-refractivity contribution < 1.29 is 9.18 Å². The molecule has 0 saturated carbocycles. The smallest absolute Gasteiger partial charge is 0.152 e. The molecule has 3 heteroatoms. The van der Waals surface area contributed by atoms with Crippen LogP contribution in [0.25, 0.3) is 0 Å². The van der Waals surface area contributed by atoms with Crippen LogP contribution in [0.2, 0.25) is 0 Å². The molecule has 0 aliphatic carbocycles. The Bertz CT molecular complexity index is 295. The zero-order valence-corrected chi connectivity index (χ0v) is 11.0. The molecule has 0 fully saturated rings. The van der Waals surface area contributed by atoms with Gasteiger partial charge < -0.3 is 4.90 Å². The van der Waals surface area contributed by atoms with Gasteiger partial charge in [-0.15, -0.1) is 0 Å². The molecule has 92 valence electrons. The minimum atomic E-state index is -0.449. The molecule has 16 heavy (non-hydrogen) atoms. The number of carbonyl (C=O) groups is 1. The Labute approximate surface area is 98.1 Å². The zero-order chi connectivity index (χ0) is 13.1. The van der Waals surface area contributed by atoms with Gasteiger partial charge in [0.2, 0.25) is 0 Å². The zero-order valence-electron chi connectivity index (χ0n) is 11.0. The van der Waals surface area contributed by atoms with Crippen molar-refractivity contribution in [3.8, 4) is 0 Å². The predicted octanol–water partition coefficient (Wildman–Crippen LogP) is 3.15. The van der Waals surface area contributed by atoms with Crippen LogP contribution in [0.3, 0.4) is 0 Å². The summed E-state index contributed by atoms with van der Waals surface area (Å²) in [6, 6.07) is 4.51. The van der Waals surface area contributed by atoms with Gasteiger partial charge in [-0.2, -0.15) is 0 Å². The van der Waals surface area contributed by atoms with Gasteiger partial charge in [0.05, 0.1) is 5.56 Å². The highest BCUT2D eigenvalue weighted by molar-refractivity contribution is 5.75. The first-order valence-electron chi connectivity index (χ1n) is 5.29. The summed E-state index contributed by atoms with van der Waals surface area (Å²) >= 11 is 0. The van der Waals surface area contributed by atoms with E-state index in [0.29, 0.717) is 6.29 Å². The molecule has 0 amide bonds. The van der Waals surface area contributed by atoms with Gasteiger partial charge in [-0.05, 0) is 45.8 Å². The maximum atomic E-state index is 12.6. The van der Waals surface area contributed by atoms with Crippen molar-refractivity contribution in [3.05, 3.63) is 35.1 Å². The van der Waals surface area contributed by atoms with Gasteiger partial charge in [0.1, 0.15) is 5.82 Å². The van der Waals surface area contributed by atoms with Crippen molar-refractivity contribution in [1.82, 2.24) is 4.90 Å². The minimum absolute atomic E-state index is 0.116. The van der Waals surface area contributed by atoms with Crippen molar-refractivity contribution in [2.75, 3.05) is 21.1 Å². The van der Waals surface area contributed by atoms with Gasteiger partial charge in [0.15, 0.2) is 6.29 Å². The molecule has 0 aliphatic heterocycles. The average Bonchev–Trinajstić information content (AvgIpc) is 2.20. The molecule has 0 atom stereocenters. The van der Waals surface area contributed by atoms with Crippen LogP contribution in [0, 0.1) is 12.7 Å². The lowest BCUT2D eigenvalue weighted by Gasteiger charge is -1.94. The molecule has 0 bridgehead atoms. The van der Waals surface area contributed by atoms with E-state index < -0.39 is 5.82 Å². The molecule has 0 radical (unpaired) electrons. The highest BCUT2D eigenvalue weighted by atomic mass is 19.1. The second-order valence-corrected chi connectivity index (χ2v) is 3.48. The van der Waals surface area contributed by atoms with E-state index in [-0.39, 0.29) is 5.56 Å². The normalized spacial score (nSPS) is 8.50. The predicted molar refractivity (Wildman–Crippen MR) is 67.5 cm³/mol. The van der Waals surface area contributed by atoms with E-state index in [1.165, 1.54) is 12.1 Å². The average molecular weight is 227 g/mol. The van der Waals surface area contributed by atoms with Crippen LogP contribution in [-0.2, 0) is 0 Å². The van der Waals surface area contributed by atoms with Crippen LogP contribution in [0.4, 0.5) is 4.39 Å². The van der Waals surface area contributed by atoms with Crippen molar-refractivity contribution >= 4 is 6.29 Å². The fourth-order valence-corrected chi connectivity index (χ4v) is 0.728. The van der Waals surface area contributed by atoms with Crippen LogP contribution < -0.4 is 0 Å².